The van der Waals surface area contributed by atoms with Crippen molar-refractivity contribution in [2.75, 3.05) is 6.54 Å². The lowest BCUT2D eigenvalue weighted by Crippen LogP contribution is -2.22. The third kappa shape index (κ3) is 1.67. The maximum Gasteiger partial charge on any atom is 0.112 e. The van der Waals surface area contributed by atoms with Crippen LogP contribution in [0.4, 0.5) is 0 Å². The highest BCUT2D eigenvalue weighted by atomic mass is 15.1. The molecule has 2 heterocycles. The van der Waals surface area contributed by atoms with Crippen LogP contribution in [0.15, 0.2) is 0 Å². The topological polar surface area (TPSA) is 43.8 Å². The van der Waals surface area contributed by atoms with Gasteiger partial charge in [0.1, 0.15) is 5.82 Å². The summed E-state index contributed by atoms with van der Waals surface area (Å²) in [6, 6.07) is 0. The normalized spacial score (nSPS) is 24.5. The molecule has 1 fully saturated rings. The van der Waals surface area contributed by atoms with Crippen LogP contribution in [0.3, 0.4) is 0 Å². The predicted octanol–water partition coefficient (Wildman–Crippen LogP) is 1.98. The van der Waals surface area contributed by atoms with Crippen LogP contribution in [0, 0.1) is 12.8 Å². The summed E-state index contributed by atoms with van der Waals surface area (Å²) in [6.45, 7) is 4.17. The first-order valence-corrected chi connectivity index (χ1v) is 6.55. The van der Waals surface area contributed by atoms with Crippen molar-refractivity contribution in [1.82, 2.24) is 9.55 Å². The van der Waals surface area contributed by atoms with Crippen LogP contribution in [-0.4, -0.2) is 16.1 Å². The molecular formula is C13H21N3. The molecule has 2 aliphatic rings. The molecule has 0 saturated heterocycles. The Kier molecular flexibility index (Phi) is 2.51. The molecule has 1 aromatic rings. The first-order chi connectivity index (χ1) is 7.79. The fourth-order valence-corrected chi connectivity index (χ4v) is 2.96. The minimum Gasteiger partial charge on any atom is -0.332 e. The predicted molar refractivity (Wildman–Crippen MR) is 64.4 cm³/mol. The van der Waals surface area contributed by atoms with Crippen molar-refractivity contribution < 1.29 is 0 Å². The van der Waals surface area contributed by atoms with Gasteiger partial charge in [-0.25, -0.2) is 4.98 Å². The van der Waals surface area contributed by atoms with Gasteiger partial charge in [-0.3, -0.25) is 0 Å². The smallest absolute Gasteiger partial charge is 0.112 e. The second-order valence-corrected chi connectivity index (χ2v) is 5.36. The van der Waals surface area contributed by atoms with Gasteiger partial charge in [-0.15, -0.1) is 0 Å². The lowest BCUT2D eigenvalue weighted by atomic mass is 9.92. The van der Waals surface area contributed by atoms with Gasteiger partial charge in [0, 0.05) is 18.2 Å². The number of aryl methyl sites for hydroxylation is 1. The average Bonchev–Trinajstić information content (AvgIpc) is 3.06. The molecule has 1 aromatic heterocycles. The van der Waals surface area contributed by atoms with Crippen LogP contribution < -0.4 is 5.73 Å². The molecule has 0 bridgehead atoms. The lowest BCUT2D eigenvalue weighted by molar-refractivity contribution is 0.365. The van der Waals surface area contributed by atoms with E-state index in [4.69, 9.17) is 10.7 Å². The highest BCUT2D eigenvalue weighted by Crippen LogP contribution is 2.41. The van der Waals surface area contributed by atoms with Crippen molar-refractivity contribution in [2.24, 2.45) is 11.7 Å². The van der Waals surface area contributed by atoms with Gasteiger partial charge < -0.3 is 10.3 Å². The summed E-state index contributed by atoms with van der Waals surface area (Å²) < 4.78 is 2.50. The number of imidazole rings is 1. The number of hydrogen-bond donors (Lipinski definition) is 1. The number of nitrogens with two attached hydrogens (primary N) is 1. The van der Waals surface area contributed by atoms with Crippen LogP contribution in [-0.2, 0) is 13.0 Å². The van der Waals surface area contributed by atoms with E-state index in [1.54, 1.807) is 0 Å². The molecule has 1 atom stereocenters. The van der Waals surface area contributed by atoms with Crippen molar-refractivity contribution in [2.45, 2.75) is 51.5 Å². The monoisotopic (exact) mass is 219 g/mol. The van der Waals surface area contributed by atoms with Gasteiger partial charge in [-0.1, -0.05) is 0 Å². The fraction of sp³-hybridized carbons (Fsp3) is 0.769. The minimum atomic E-state index is 0.776. The summed E-state index contributed by atoms with van der Waals surface area (Å²) in [7, 11) is 0. The number of aromatic nitrogens is 2. The molecule has 3 rings (SSSR count). The zero-order valence-corrected chi connectivity index (χ0v) is 10.1. The maximum atomic E-state index is 5.66. The molecule has 0 spiro atoms. The van der Waals surface area contributed by atoms with Crippen LogP contribution in [0.25, 0.3) is 0 Å². The van der Waals surface area contributed by atoms with Crippen LogP contribution in [0.1, 0.15) is 48.8 Å². The van der Waals surface area contributed by atoms with Gasteiger partial charge in [0.2, 0.25) is 0 Å². The SMILES string of the molecule is Cc1nc(C2CC2)n2c1CC(CCN)CC2. The first-order valence-electron chi connectivity index (χ1n) is 6.55. The van der Waals surface area contributed by atoms with E-state index in [1.165, 1.54) is 55.9 Å². The summed E-state index contributed by atoms with van der Waals surface area (Å²) in [5.74, 6) is 2.94. The van der Waals surface area contributed by atoms with Crippen molar-refractivity contribution in [3.63, 3.8) is 0 Å². The Morgan fingerprint density at radius 2 is 2.19 bits per heavy atom. The van der Waals surface area contributed by atoms with E-state index in [1.807, 2.05) is 0 Å². The van der Waals surface area contributed by atoms with Crippen molar-refractivity contribution in [3.05, 3.63) is 17.2 Å². The summed E-state index contributed by atoms with van der Waals surface area (Å²) in [6.07, 6.45) is 6.36. The van der Waals surface area contributed by atoms with E-state index in [9.17, 15) is 0 Å². The molecule has 16 heavy (non-hydrogen) atoms. The van der Waals surface area contributed by atoms with Gasteiger partial charge >= 0.3 is 0 Å². The first kappa shape index (κ1) is 10.3. The van der Waals surface area contributed by atoms with Gasteiger partial charge in [0.05, 0.1) is 5.69 Å². The Bertz CT molecular complexity index is 390. The summed E-state index contributed by atoms with van der Waals surface area (Å²) in [4.78, 5) is 4.78. The number of rotatable bonds is 3. The zero-order valence-electron chi connectivity index (χ0n) is 10.1. The van der Waals surface area contributed by atoms with Crippen molar-refractivity contribution >= 4 is 0 Å². The lowest BCUT2D eigenvalue weighted by Gasteiger charge is -2.25. The largest absolute Gasteiger partial charge is 0.332 e. The van der Waals surface area contributed by atoms with Gasteiger partial charge in [-0.2, -0.15) is 0 Å². The van der Waals surface area contributed by atoms with Crippen LogP contribution in [0.5, 0.6) is 0 Å². The van der Waals surface area contributed by atoms with Crippen LogP contribution in [0.2, 0.25) is 0 Å². The molecule has 2 N–H and O–H groups in total. The van der Waals surface area contributed by atoms with Gasteiger partial charge in [0.15, 0.2) is 0 Å². The Labute approximate surface area is 97.0 Å². The third-order valence-electron chi connectivity index (χ3n) is 4.06. The Balaban J connectivity index is 1.87. The standard InChI is InChI=1S/C13H21N3/c1-9-12-8-10(4-6-14)5-7-16(12)13(15-9)11-2-3-11/h10-11H,2-8,14H2,1H3. The molecule has 88 valence electrons. The van der Waals surface area contributed by atoms with Crippen molar-refractivity contribution in [3.8, 4) is 0 Å². The summed E-state index contributed by atoms with van der Waals surface area (Å²) >= 11 is 0. The van der Waals surface area contributed by atoms with Crippen molar-refractivity contribution in [1.29, 1.82) is 0 Å². The second-order valence-electron chi connectivity index (χ2n) is 5.36. The zero-order chi connectivity index (χ0) is 11.1. The summed E-state index contributed by atoms with van der Waals surface area (Å²) in [5, 5.41) is 0. The van der Waals surface area contributed by atoms with Crippen LogP contribution >= 0.6 is 0 Å². The molecule has 3 nitrogen and oxygen atoms in total. The molecule has 1 saturated carbocycles. The van der Waals surface area contributed by atoms with Gasteiger partial charge in [-0.05, 0) is 51.5 Å². The highest BCUT2D eigenvalue weighted by molar-refractivity contribution is 5.22. The molecule has 1 unspecified atom stereocenters. The third-order valence-corrected chi connectivity index (χ3v) is 4.06. The van der Waals surface area contributed by atoms with E-state index < -0.39 is 0 Å². The molecule has 3 heteroatoms. The Morgan fingerprint density at radius 3 is 2.88 bits per heavy atom. The fourth-order valence-electron chi connectivity index (χ4n) is 2.96. The molecule has 0 aromatic carbocycles. The van der Waals surface area contributed by atoms with E-state index in [2.05, 4.69) is 11.5 Å². The maximum absolute atomic E-state index is 5.66. The van der Waals surface area contributed by atoms with E-state index >= 15 is 0 Å². The van der Waals surface area contributed by atoms with Gasteiger partial charge in [0.25, 0.3) is 0 Å². The van der Waals surface area contributed by atoms with E-state index in [-0.39, 0.29) is 0 Å². The molecule has 0 radical (unpaired) electrons. The molecule has 1 aliphatic heterocycles. The molecular weight excluding hydrogens is 198 g/mol. The quantitative estimate of drug-likeness (QED) is 0.844. The Morgan fingerprint density at radius 1 is 1.38 bits per heavy atom. The average molecular weight is 219 g/mol. The second kappa shape index (κ2) is 3.88. The number of fused-ring (bicyclic) bond motifs is 1. The Hall–Kier alpha value is -0.830. The number of hydrogen-bond acceptors (Lipinski definition) is 2. The highest BCUT2D eigenvalue weighted by Gasteiger charge is 2.32. The minimum absolute atomic E-state index is 0.776. The van der Waals surface area contributed by atoms with E-state index in [0.717, 1.165) is 18.4 Å². The summed E-state index contributed by atoms with van der Waals surface area (Å²) in [5.41, 5.74) is 8.42. The van der Waals surface area contributed by atoms with E-state index in [0.29, 0.717) is 0 Å². The molecule has 0 amide bonds. The molecule has 1 aliphatic carbocycles. The number of nitrogens with zero attached hydrogens (tertiary/aromatic N) is 2.